The van der Waals surface area contributed by atoms with Crippen molar-refractivity contribution in [2.75, 3.05) is 11.1 Å². The van der Waals surface area contributed by atoms with Crippen molar-refractivity contribution < 1.29 is 4.79 Å². The molecule has 0 saturated carbocycles. The molecule has 0 saturated heterocycles. The Morgan fingerprint density at radius 2 is 1.57 bits per heavy atom. The predicted octanol–water partition coefficient (Wildman–Crippen LogP) is 5.03. The predicted molar refractivity (Wildman–Crippen MR) is 122 cm³/mol. The lowest BCUT2D eigenvalue weighted by Crippen LogP contribution is -2.14. The number of aromatic nitrogens is 3. The molecule has 5 nitrogen and oxygen atoms in total. The van der Waals surface area contributed by atoms with E-state index in [0.717, 1.165) is 33.4 Å². The zero-order valence-corrected chi connectivity index (χ0v) is 17.5. The van der Waals surface area contributed by atoms with Crippen LogP contribution in [0.3, 0.4) is 0 Å². The van der Waals surface area contributed by atoms with Gasteiger partial charge in [0.1, 0.15) is 0 Å². The van der Waals surface area contributed by atoms with E-state index in [-0.39, 0.29) is 11.7 Å². The summed E-state index contributed by atoms with van der Waals surface area (Å²) in [5.74, 6) is 0.982. The lowest BCUT2D eigenvalue weighted by molar-refractivity contribution is -0.113. The smallest absolute Gasteiger partial charge is 0.234 e. The van der Waals surface area contributed by atoms with Gasteiger partial charge < -0.3 is 5.32 Å². The summed E-state index contributed by atoms with van der Waals surface area (Å²) in [6.07, 6.45) is 0. The van der Waals surface area contributed by atoms with Gasteiger partial charge in [0, 0.05) is 11.3 Å². The maximum Gasteiger partial charge on any atom is 0.234 e. The summed E-state index contributed by atoms with van der Waals surface area (Å²) in [5.41, 5.74) is 4.10. The van der Waals surface area contributed by atoms with Crippen LogP contribution < -0.4 is 5.32 Å². The fourth-order valence-electron chi connectivity index (χ4n) is 3.07. The first kappa shape index (κ1) is 19.9. The molecule has 6 heteroatoms. The van der Waals surface area contributed by atoms with Gasteiger partial charge in [-0.2, -0.15) is 0 Å². The number of rotatable bonds is 7. The van der Waals surface area contributed by atoms with E-state index in [2.05, 4.69) is 32.2 Å². The summed E-state index contributed by atoms with van der Waals surface area (Å²) in [5, 5.41) is 12.4. The Bertz CT molecular complexity index is 1110. The molecule has 1 heterocycles. The molecule has 0 fully saturated rings. The van der Waals surface area contributed by atoms with Crippen molar-refractivity contribution in [3.63, 3.8) is 0 Å². The van der Waals surface area contributed by atoms with E-state index in [9.17, 15) is 4.79 Å². The highest BCUT2D eigenvalue weighted by atomic mass is 32.2. The molecule has 1 N–H and O–H groups in total. The Hall–Kier alpha value is -3.38. The van der Waals surface area contributed by atoms with Gasteiger partial charge in [-0.3, -0.25) is 9.36 Å². The van der Waals surface area contributed by atoms with Crippen LogP contribution in [-0.4, -0.2) is 26.4 Å². The molecular formula is C24H22N4OS. The molecule has 0 spiro atoms. The van der Waals surface area contributed by atoms with Gasteiger partial charge >= 0.3 is 0 Å². The molecule has 1 aromatic heterocycles. The highest BCUT2D eigenvalue weighted by Crippen LogP contribution is 2.25. The van der Waals surface area contributed by atoms with Crippen LogP contribution in [0, 0.1) is 6.92 Å². The summed E-state index contributed by atoms with van der Waals surface area (Å²) >= 11 is 1.39. The summed E-state index contributed by atoms with van der Waals surface area (Å²) in [6, 6.07) is 27.9. The summed E-state index contributed by atoms with van der Waals surface area (Å²) < 4.78 is 2.06. The summed E-state index contributed by atoms with van der Waals surface area (Å²) in [6.45, 7) is 2.66. The molecular weight excluding hydrogens is 392 g/mol. The van der Waals surface area contributed by atoms with Crippen molar-refractivity contribution in [3.8, 4) is 11.4 Å². The van der Waals surface area contributed by atoms with Crippen LogP contribution in [0.2, 0.25) is 0 Å². The number of anilines is 1. The number of thioether (sulfide) groups is 1. The van der Waals surface area contributed by atoms with Crippen molar-refractivity contribution in [3.05, 3.63) is 96.1 Å². The topological polar surface area (TPSA) is 59.8 Å². The van der Waals surface area contributed by atoms with Crippen molar-refractivity contribution >= 4 is 23.4 Å². The lowest BCUT2D eigenvalue weighted by atomic mass is 10.2. The van der Waals surface area contributed by atoms with E-state index in [0.29, 0.717) is 6.54 Å². The lowest BCUT2D eigenvalue weighted by Gasteiger charge is -2.11. The second kappa shape index (κ2) is 9.41. The minimum absolute atomic E-state index is 0.0700. The van der Waals surface area contributed by atoms with Crippen LogP contribution in [0.4, 0.5) is 5.69 Å². The van der Waals surface area contributed by atoms with Gasteiger partial charge in [0.2, 0.25) is 5.91 Å². The molecule has 4 rings (SSSR count). The van der Waals surface area contributed by atoms with Crippen molar-refractivity contribution in [1.82, 2.24) is 14.8 Å². The van der Waals surface area contributed by atoms with Crippen molar-refractivity contribution in [2.24, 2.45) is 0 Å². The first-order chi connectivity index (χ1) is 14.7. The van der Waals surface area contributed by atoms with Gasteiger partial charge in [-0.05, 0) is 24.6 Å². The van der Waals surface area contributed by atoms with Crippen LogP contribution in [0.15, 0.2) is 90.1 Å². The Labute approximate surface area is 180 Å². The summed E-state index contributed by atoms with van der Waals surface area (Å²) in [4.78, 5) is 12.4. The fourth-order valence-corrected chi connectivity index (χ4v) is 3.81. The molecule has 3 aromatic carbocycles. The van der Waals surface area contributed by atoms with E-state index in [1.54, 1.807) is 0 Å². The molecule has 1 amide bonds. The normalized spacial score (nSPS) is 10.7. The van der Waals surface area contributed by atoms with Gasteiger partial charge in [-0.25, -0.2) is 0 Å². The van der Waals surface area contributed by atoms with E-state index in [1.165, 1.54) is 11.8 Å². The Morgan fingerprint density at radius 3 is 2.27 bits per heavy atom. The zero-order valence-electron chi connectivity index (χ0n) is 16.7. The second-order valence-corrected chi connectivity index (χ2v) is 7.89. The average Bonchev–Trinajstić information content (AvgIpc) is 3.17. The average molecular weight is 415 g/mol. The standard InChI is InChI=1S/C24H22N4OS/c1-18-12-14-21(15-13-18)25-22(29)17-30-24-27-26-23(20-10-6-3-7-11-20)28(24)16-19-8-4-2-5-9-19/h2-15H,16-17H2,1H3,(H,25,29). The van der Waals surface area contributed by atoms with Crippen LogP contribution in [0.25, 0.3) is 11.4 Å². The second-order valence-electron chi connectivity index (χ2n) is 6.95. The van der Waals surface area contributed by atoms with Crippen molar-refractivity contribution in [1.29, 1.82) is 0 Å². The quantitative estimate of drug-likeness (QED) is 0.431. The molecule has 0 atom stereocenters. The molecule has 0 aliphatic rings. The number of nitrogens with one attached hydrogen (secondary N) is 1. The van der Waals surface area contributed by atoms with Crippen LogP contribution in [-0.2, 0) is 11.3 Å². The van der Waals surface area contributed by atoms with Crippen LogP contribution in [0.1, 0.15) is 11.1 Å². The number of aryl methyl sites for hydroxylation is 1. The highest BCUT2D eigenvalue weighted by Gasteiger charge is 2.16. The number of amides is 1. The number of benzene rings is 3. The first-order valence-electron chi connectivity index (χ1n) is 9.71. The number of carbonyl (C=O) groups excluding carboxylic acids is 1. The van der Waals surface area contributed by atoms with E-state index in [1.807, 2.05) is 79.7 Å². The molecule has 0 unspecified atom stereocenters. The molecule has 30 heavy (non-hydrogen) atoms. The van der Waals surface area contributed by atoms with E-state index < -0.39 is 0 Å². The van der Waals surface area contributed by atoms with E-state index in [4.69, 9.17) is 0 Å². The van der Waals surface area contributed by atoms with Crippen LogP contribution in [0.5, 0.6) is 0 Å². The number of carbonyl (C=O) groups is 1. The third-order valence-electron chi connectivity index (χ3n) is 4.60. The Morgan fingerprint density at radius 1 is 0.900 bits per heavy atom. The Kier molecular flexibility index (Phi) is 6.25. The highest BCUT2D eigenvalue weighted by molar-refractivity contribution is 7.99. The van der Waals surface area contributed by atoms with Gasteiger partial charge in [-0.15, -0.1) is 10.2 Å². The van der Waals surface area contributed by atoms with Gasteiger partial charge in [0.25, 0.3) is 0 Å². The largest absolute Gasteiger partial charge is 0.325 e. The third kappa shape index (κ3) is 4.96. The SMILES string of the molecule is Cc1ccc(NC(=O)CSc2nnc(-c3ccccc3)n2Cc2ccccc2)cc1. The first-order valence-corrected chi connectivity index (χ1v) is 10.7. The van der Waals surface area contributed by atoms with Crippen molar-refractivity contribution in [2.45, 2.75) is 18.6 Å². The molecule has 4 aromatic rings. The Balaban J connectivity index is 1.52. The van der Waals surface area contributed by atoms with Gasteiger partial charge in [0.05, 0.1) is 12.3 Å². The zero-order chi connectivity index (χ0) is 20.8. The maximum atomic E-state index is 12.4. The molecule has 0 bridgehead atoms. The molecule has 0 aliphatic heterocycles. The summed E-state index contributed by atoms with van der Waals surface area (Å²) in [7, 11) is 0. The minimum atomic E-state index is -0.0700. The molecule has 0 aliphatic carbocycles. The minimum Gasteiger partial charge on any atom is -0.325 e. The van der Waals surface area contributed by atoms with Gasteiger partial charge in [-0.1, -0.05) is 90.1 Å². The van der Waals surface area contributed by atoms with Crippen LogP contribution >= 0.6 is 11.8 Å². The number of hydrogen-bond acceptors (Lipinski definition) is 4. The maximum absolute atomic E-state index is 12.4. The number of nitrogens with zero attached hydrogens (tertiary/aromatic N) is 3. The molecule has 150 valence electrons. The third-order valence-corrected chi connectivity index (χ3v) is 5.57. The van der Waals surface area contributed by atoms with E-state index >= 15 is 0 Å². The van der Waals surface area contributed by atoms with Gasteiger partial charge in [0.15, 0.2) is 11.0 Å². The fraction of sp³-hybridized carbons (Fsp3) is 0.125. The number of hydrogen-bond donors (Lipinski definition) is 1. The monoisotopic (exact) mass is 414 g/mol. The molecule has 0 radical (unpaired) electrons.